The Kier molecular flexibility index (Phi) is 5.56. The molecule has 3 rings (SSSR count). The maximum atomic E-state index is 11.0. The zero-order valence-electron chi connectivity index (χ0n) is 12.6. The van der Waals surface area contributed by atoms with Gasteiger partial charge in [0, 0.05) is 21.2 Å². The fourth-order valence-corrected chi connectivity index (χ4v) is 4.30. The Morgan fingerprint density at radius 2 is 1.96 bits per heavy atom. The number of quaternary nitrogens is 1. The summed E-state index contributed by atoms with van der Waals surface area (Å²) < 4.78 is 5.81. The first-order valence-corrected chi connectivity index (χ1v) is 9.18. The lowest BCUT2D eigenvalue weighted by Crippen LogP contribution is -2.90. The van der Waals surface area contributed by atoms with Gasteiger partial charge in [-0.3, -0.25) is 0 Å². The molecule has 0 bridgehead atoms. The van der Waals surface area contributed by atoms with Gasteiger partial charge in [-0.05, 0) is 24.3 Å². The van der Waals surface area contributed by atoms with Crippen molar-refractivity contribution in [2.24, 2.45) is 0 Å². The summed E-state index contributed by atoms with van der Waals surface area (Å²) in [5, 5.41) is 13.9. The second-order valence-corrected chi connectivity index (χ2v) is 7.42. The van der Waals surface area contributed by atoms with Crippen LogP contribution in [0, 0.1) is 0 Å². The van der Waals surface area contributed by atoms with Crippen LogP contribution in [0.5, 0.6) is 5.75 Å². The Bertz CT molecular complexity index is 736. The molecule has 1 heterocycles. The van der Waals surface area contributed by atoms with E-state index in [0.717, 1.165) is 11.1 Å². The van der Waals surface area contributed by atoms with Gasteiger partial charge in [0.2, 0.25) is 0 Å². The van der Waals surface area contributed by atoms with E-state index in [9.17, 15) is 9.90 Å². The van der Waals surface area contributed by atoms with Crippen molar-refractivity contribution in [2.75, 3.05) is 5.75 Å². The molecule has 0 radical (unpaired) electrons. The molecule has 24 heavy (non-hydrogen) atoms. The van der Waals surface area contributed by atoms with Crippen LogP contribution < -0.4 is 15.2 Å². The van der Waals surface area contributed by atoms with Gasteiger partial charge in [0.1, 0.15) is 24.4 Å². The summed E-state index contributed by atoms with van der Waals surface area (Å²) in [6, 6.07) is 12.4. The summed E-state index contributed by atoms with van der Waals surface area (Å²) in [6.45, 7) is 0.269. The molecule has 126 valence electrons. The minimum absolute atomic E-state index is 0.0281. The van der Waals surface area contributed by atoms with Gasteiger partial charge < -0.3 is 20.0 Å². The molecular weight excluding hydrogens is 369 g/mol. The van der Waals surface area contributed by atoms with Crippen LogP contribution in [-0.2, 0) is 11.4 Å². The van der Waals surface area contributed by atoms with Crippen LogP contribution in [0.3, 0.4) is 0 Å². The molecule has 0 amide bonds. The predicted molar refractivity (Wildman–Crippen MR) is 93.2 cm³/mol. The number of benzene rings is 2. The van der Waals surface area contributed by atoms with Gasteiger partial charge >= 0.3 is 0 Å². The minimum Gasteiger partial charge on any atom is -0.544 e. The van der Waals surface area contributed by atoms with Crippen molar-refractivity contribution in [1.29, 1.82) is 0 Å². The Morgan fingerprint density at radius 3 is 2.62 bits per heavy atom. The molecule has 2 N–H and O–H groups in total. The molecule has 0 unspecified atom stereocenters. The zero-order chi connectivity index (χ0) is 17.1. The quantitative estimate of drug-likeness (QED) is 0.857. The highest BCUT2D eigenvalue weighted by molar-refractivity contribution is 7.99. The van der Waals surface area contributed by atoms with E-state index in [1.807, 2.05) is 29.6 Å². The number of thioether (sulfide) groups is 1. The van der Waals surface area contributed by atoms with Crippen molar-refractivity contribution in [3.8, 4) is 5.75 Å². The fourth-order valence-electron chi connectivity index (χ4n) is 2.49. The Labute approximate surface area is 154 Å². The zero-order valence-corrected chi connectivity index (χ0v) is 14.9. The Balaban J connectivity index is 1.69. The average molecular weight is 384 g/mol. The third-order valence-corrected chi connectivity index (χ3v) is 5.84. The van der Waals surface area contributed by atoms with Gasteiger partial charge in [0.15, 0.2) is 5.37 Å². The number of carbonyl (C=O) groups excluding carboxylic acids is 1. The van der Waals surface area contributed by atoms with E-state index in [4.69, 9.17) is 27.9 Å². The number of nitrogens with two attached hydrogens (primary N) is 1. The van der Waals surface area contributed by atoms with Crippen LogP contribution in [-0.4, -0.2) is 17.8 Å². The highest BCUT2D eigenvalue weighted by Crippen LogP contribution is 2.30. The number of carboxylic acids is 1. The van der Waals surface area contributed by atoms with Gasteiger partial charge in [0.05, 0.1) is 5.75 Å². The molecule has 0 aromatic heterocycles. The first kappa shape index (κ1) is 17.4. The van der Waals surface area contributed by atoms with E-state index in [0.29, 0.717) is 21.5 Å². The van der Waals surface area contributed by atoms with Crippen molar-refractivity contribution >= 4 is 40.9 Å². The lowest BCUT2D eigenvalue weighted by molar-refractivity contribution is -0.690. The molecule has 1 fully saturated rings. The summed E-state index contributed by atoms with van der Waals surface area (Å²) in [7, 11) is 0. The summed E-state index contributed by atoms with van der Waals surface area (Å²) in [6.07, 6.45) is 0. The van der Waals surface area contributed by atoms with Crippen LogP contribution in [0.25, 0.3) is 0 Å². The van der Waals surface area contributed by atoms with Crippen molar-refractivity contribution < 1.29 is 20.0 Å². The van der Waals surface area contributed by atoms with Gasteiger partial charge in [0.25, 0.3) is 0 Å². The smallest absolute Gasteiger partial charge is 0.159 e. The molecule has 2 aromatic rings. The molecular formula is C17H15Cl2NO3S. The van der Waals surface area contributed by atoms with Crippen molar-refractivity contribution in [3.63, 3.8) is 0 Å². The second-order valence-electron chi connectivity index (χ2n) is 5.43. The lowest BCUT2D eigenvalue weighted by atomic mass is 10.2. The monoisotopic (exact) mass is 383 g/mol. The summed E-state index contributed by atoms with van der Waals surface area (Å²) in [5.74, 6) is 0.202. The first-order chi connectivity index (χ1) is 11.5. The Hall–Kier alpha value is -1.40. The van der Waals surface area contributed by atoms with Gasteiger partial charge in [-0.1, -0.05) is 53.2 Å². The van der Waals surface area contributed by atoms with Crippen molar-refractivity contribution in [1.82, 2.24) is 0 Å². The highest BCUT2D eigenvalue weighted by Gasteiger charge is 2.30. The van der Waals surface area contributed by atoms with E-state index >= 15 is 0 Å². The highest BCUT2D eigenvalue weighted by atomic mass is 35.5. The second kappa shape index (κ2) is 7.66. The summed E-state index contributed by atoms with van der Waals surface area (Å²) in [4.78, 5) is 11.0. The number of rotatable bonds is 5. The number of carboxylic acid groups (broad SMARTS) is 1. The van der Waals surface area contributed by atoms with Gasteiger partial charge in [-0.2, -0.15) is 0 Å². The Morgan fingerprint density at radius 1 is 1.25 bits per heavy atom. The maximum Gasteiger partial charge on any atom is 0.159 e. The van der Waals surface area contributed by atoms with Crippen LogP contribution in [0.1, 0.15) is 16.5 Å². The van der Waals surface area contributed by atoms with Crippen LogP contribution >= 0.6 is 35.0 Å². The molecule has 0 spiro atoms. The van der Waals surface area contributed by atoms with E-state index < -0.39 is 12.0 Å². The SMILES string of the molecule is O=C([O-])[C@@H]1CS[C@H](c2cccc(OCc3c(Cl)cccc3Cl)c2)[NH2+]1. The van der Waals surface area contributed by atoms with E-state index in [1.54, 1.807) is 30.0 Å². The topological polar surface area (TPSA) is 66.0 Å². The number of aliphatic carboxylic acids is 1. The summed E-state index contributed by atoms with van der Waals surface area (Å²) in [5.41, 5.74) is 1.75. The maximum absolute atomic E-state index is 11.0. The van der Waals surface area contributed by atoms with Crippen LogP contribution in [0.2, 0.25) is 10.0 Å². The normalized spacial score (nSPS) is 20.1. The minimum atomic E-state index is -1.02. The third-order valence-electron chi connectivity index (χ3n) is 3.80. The number of hydrogen-bond donors (Lipinski definition) is 1. The molecule has 2 atom stereocenters. The average Bonchev–Trinajstić information content (AvgIpc) is 3.05. The summed E-state index contributed by atoms with van der Waals surface area (Å²) >= 11 is 13.9. The lowest BCUT2D eigenvalue weighted by Gasteiger charge is -2.13. The molecule has 7 heteroatoms. The molecule has 1 aliphatic rings. The number of ether oxygens (including phenoxy) is 1. The third kappa shape index (κ3) is 3.98. The molecule has 1 saturated heterocycles. The first-order valence-electron chi connectivity index (χ1n) is 7.37. The molecule has 0 saturated carbocycles. The van der Waals surface area contributed by atoms with E-state index in [2.05, 4.69) is 0 Å². The number of hydrogen-bond acceptors (Lipinski definition) is 4. The largest absolute Gasteiger partial charge is 0.544 e. The number of carbonyl (C=O) groups is 1. The molecule has 1 aliphatic heterocycles. The predicted octanol–water partition coefficient (Wildman–Crippen LogP) is 2.00. The van der Waals surface area contributed by atoms with E-state index in [1.165, 1.54) is 0 Å². The van der Waals surface area contributed by atoms with Crippen LogP contribution in [0.4, 0.5) is 0 Å². The molecule has 4 nitrogen and oxygen atoms in total. The van der Waals surface area contributed by atoms with Crippen molar-refractivity contribution in [3.05, 3.63) is 63.6 Å². The standard InChI is InChI=1S/C17H15Cl2NO3S/c18-13-5-2-6-14(19)12(13)8-23-11-4-1-3-10(7-11)16-20-15(9-24-16)17(21)22/h1-7,15-16,20H,8-9H2,(H,21,22)/t15-,16+/m0/s1. The van der Waals surface area contributed by atoms with Crippen molar-refractivity contribution in [2.45, 2.75) is 18.0 Å². The van der Waals surface area contributed by atoms with Gasteiger partial charge in [-0.15, -0.1) is 0 Å². The molecule has 0 aliphatic carbocycles. The fraction of sp³-hybridized carbons (Fsp3) is 0.235. The van der Waals surface area contributed by atoms with Crippen LogP contribution in [0.15, 0.2) is 42.5 Å². The molecule has 2 aromatic carbocycles. The number of halogens is 2. The van der Waals surface area contributed by atoms with E-state index in [-0.39, 0.29) is 12.0 Å². The van der Waals surface area contributed by atoms with Gasteiger partial charge in [-0.25, -0.2) is 0 Å².